The van der Waals surface area contributed by atoms with E-state index in [0.717, 1.165) is 24.9 Å². The Morgan fingerprint density at radius 1 is 1.33 bits per heavy atom. The van der Waals surface area contributed by atoms with Crippen LogP contribution in [0.4, 0.5) is 0 Å². The van der Waals surface area contributed by atoms with Crippen molar-refractivity contribution in [2.24, 2.45) is 5.92 Å². The Morgan fingerprint density at radius 3 is 2.48 bits per heavy atom. The van der Waals surface area contributed by atoms with E-state index >= 15 is 0 Å². The number of amides is 1. The summed E-state index contributed by atoms with van der Waals surface area (Å²) in [4.78, 5) is 13.8. The van der Waals surface area contributed by atoms with Crippen LogP contribution >= 0.6 is 0 Å². The average molecular weight is 287 g/mol. The van der Waals surface area contributed by atoms with Crippen LogP contribution in [0.25, 0.3) is 6.08 Å². The Hall–Kier alpha value is -1.61. The van der Waals surface area contributed by atoms with E-state index in [-0.39, 0.29) is 12.0 Å². The lowest BCUT2D eigenvalue weighted by atomic mass is 9.82. The van der Waals surface area contributed by atoms with Gasteiger partial charge in [-0.3, -0.25) is 4.79 Å². The minimum absolute atomic E-state index is 0.0179. The Morgan fingerprint density at radius 2 is 1.95 bits per heavy atom. The zero-order valence-corrected chi connectivity index (χ0v) is 13.1. The van der Waals surface area contributed by atoms with E-state index in [1.807, 2.05) is 25.3 Å². The minimum atomic E-state index is -0.159. The molecule has 0 bridgehead atoms. The zero-order valence-electron chi connectivity index (χ0n) is 13.1. The predicted octanol–water partition coefficient (Wildman–Crippen LogP) is 3.05. The highest BCUT2D eigenvalue weighted by Crippen LogP contribution is 2.27. The average Bonchev–Trinajstić information content (AvgIpc) is 2.43. The van der Waals surface area contributed by atoms with Crippen LogP contribution in [0.1, 0.15) is 43.7 Å². The molecule has 0 radical (unpaired) electrons. The molecule has 1 aliphatic rings. The summed E-state index contributed by atoms with van der Waals surface area (Å²) in [5, 5.41) is 9.27. The third-order valence-electron chi connectivity index (χ3n) is 4.14. The second-order valence-electron chi connectivity index (χ2n) is 6.36. The summed E-state index contributed by atoms with van der Waals surface area (Å²) in [6.07, 6.45) is 4.96. The Bertz CT molecular complexity index is 498. The third-order valence-corrected chi connectivity index (χ3v) is 4.14. The topological polar surface area (TPSA) is 40.5 Å². The zero-order chi connectivity index (χ0) is 15.4. The number of carbonyl (C=O) groups excluding carboxylic acids is 1. The van der Waals surface area contributed by atoms with E-state index in [1.165, 1.54) is 5.56 Å². The molecular weight excluding hydrogens is 262 g/mol. The van der Waals surface area contributed by atoms with Crippen molar-refractivity contribution < 1.29 is 9.90 Å². The molecule has 0 aliphatic heterocycles. The van der Waals surface area contributed by atoms with Crippen LogP contribution in [0.15, 0.2) is 30.3 Å². The van der Waals surface area contributed by atoms with Gasteiger partial charge in [-0.25, -0.2) is 0 Å². The molecule has 0 saturated heterocycles. The quantitative estimate of drug-likeness (QED) is 0.846. The van der Waals surface area contributed by atoms with Gasteiger partial charge in [0, 0.05) is 19.7 Å². The van der Waals surface area contributed by atoms with Gasteiger partial charge in [0.15, 0.2) is 0 Å². The highest BCUT2D eigenvalue weighted by molar-refractivity contribution is 5.91. The van der Waals surface area contributed by atoms with E-state index in [1.54, 1.807) is 11.0 Å². The monoisotopic (exact) mass is 287 g/mol. The number of rotatable bonds is 5. The first-order valence-corrected chi connectivity index (χ1v) is 7.67. The first-order valence-electron chi connectivity index (χ1n) is 7.67. The van der Waals surface area contributed by atoms with Crippen molar-refractivity contribution in [1.29, 1.82) is 0 Å². The predicted molar refractivity (Wildman–Crippen MR) is 85.9 cm³/mol. The maximum absolute atomic E-state index is 12.0. The van der Waals surface area contributed by atoms with E-state index in [2.05, 4.69) is 26.0 Å². The molecule has 114 valence electrons. The molecule has 3 heteroatoms. The van der Waals surface area contributed by atoms with Crippen molar-refractivity contribution >= 4 is 12.0 Å². The van der Waals surface area contributed by atoms with Crippen LogP contribution in [-0.4, -0.2) is 35.6 Å². The lowest BCUT2D eigenvalue weighted by molar-refractivity contribution is -0.126. The van der Waals surface area contributed by atoms with Gasteiger partial charge in [-0.15, -0.1) is 0 Å². The molecule has 1 amide bonds. The molecule has 1 saturated carbocycles. The first kappa shape index (κ1) is 15.8. The fourth-order valence-electron chi connectivity index (χ4n) is 2.61. The highest BCUT2D eigenvalue weighted by atomic mass is 16.3. The molecule has 1 aromatic rings. The van der Waals surface area contributed by atoms with E-state index < -0.39 is 0 Å². The van der Waals surface area contributed by atoms with E-state index in [0.29, 0.717) is 11.8 Å². The number of nitrogens with zero attached hydrogens (tertiary/aromatic N) is 1. The maximum Gasteiger partial charge on any atom is 0.246 e. The van der Waals surface area contributed by atoms with Crippen LogP contribution < -0.4 is 0 Å². The third kappa shape index (κ3) is 4.43. The summed E-state index contributed by atoms with van der Waals surface area (Å²) in [6.45, 7) is 5.06. The summed E-state index contributed by atoms with van der Waals surface area (Å²) in [5.74, 6) is 0.991. The molecule has 1 N–H and O–H groups in total. The van der Waals surface area contributed by atoms with Crippen molar-refractivity contribution in [3.8, 4) is 0 Å². The van der Waals surface area contributed by atoms with Crippen molar-refractivity contribution in [1.82, 2.24) is 4.90 Å². The van der Waals surface area contributed by atoms with Crippen molar-refractivity contribution in [3.05, 3.63) is 41.5 Å². The normalized spacial score (nSPS) is 21.6. The van der Waals surface area contributed by atoms with E-state index in [4.69, 9.17) is 0 Å². The molecule has 0 atom stereocenters. The number of benzene rings is 1. The molecule has 21 heavy (non-hydrogen) atoms. The molecule has 3 nitrogen and oxygen atoms in total. The van der Waals surface area contributed by atoms with Crippen molar-refractivity contribution in [3.63, 3.8) is 0 Å². The number of hydrogen-bond acceptors (Lipinski definition) is 2. The SMILES string of the molecule is CC(C)c1ccc(C=CC(=O)N(C)CC2CC(O)C2)cc1. The van der Waals surface area contributed by atoms with Crippen LogP contribution in [-0.2, 0) is 4.79 Å². The second kappa shape index (κ2) is 6.90. The van der Waals surface area contributed by atoms with Gasteiger partial charge >= 0.3 is 0 Å². The summed E-state index contributed by atoms with van der Waals surface area (Å²) >= 11 is 0. The fraction of sp³-hybridized carbons (Fsp3) is 0.500. The number of carbonyl (C=O) groups is 1. The van der Waals surface area contributed by atoms with Crippen LogP contribution in [0.3, 0.4) is 0 Å². The standard InChI is InChI=1S/C18H25NO2/c1-13(2)16-7-4-14(5-8-16)6-9-18(21)19(3)12-15-10-17(20)11-15/h4-9,13,15,17,20H,10-12H2,1-3H3. The van der Waals surface area contributed by atoms with Crippen LogP contribution in [0, 0.1) is 5.92 Å². The maximum atomic E-state index is 12.0. The van der Waals surface area contributed by atoms with Crippen molar-refractivity contribution in [2.45, 2.75) is 38.7 Å². The number of likely N-dealkylation sites (N-methyl/N-ethyl adjacent to an activating group) is 1. The number of aliphatic hydroxyl groups excluding tert-OH is 1. The lowest BCUT2D eigenvalue weighted by Gasteiger charge is -2.34. The lowest BCUT2D eigenvalue weighted by Crippen LogP contribution is -2.38. The van der Waals surface area contributed by atoms with Crippen LogP contribution in [0.2, 0.25) is 0 Å². The van der Waals surface area contributed by atoms with Gasteiger partial charge in [-0.1, -0.05) is 38.1 Å². The second-order valence-corrected chi connectivity index (χ2v) is 6.36. The van der Waals surface area contributed by atoms with Gasteiger partial charge in [-0.2, -0.15) is 0 Å². The summed E-state index contributed by atoms with van der Waals surface area (Å²) < 4.78 is 0. The van der Waals surface area contributed by atoms with Gasteiger partial charge in [0.25, 0.3) is 0 Å². The molecule has 1 fully saturated rings. The van der Waals surface area contributed by atoms with Gasteiger partial charge in [0.2, 0.25) is 5.91 Å². The number of aliphatic hydroxyl groups is 1. The van der Waals surface area contributed by atoms with Gasteiger partial charge in [0.05, 0.1) is 6.10 Å². The number of hydrogen-bond donors (Lipinski definition) is 1. The summed E-state index contributed by atoms with van der Waals surface area (Å²) in [6, 6.07) is 8.30. The summed E-state index contributed by atoms with van der Waals surface area (Å²) in [7, 11) is 1.82. The van der Waals surface area contributed by atoms with Crippen molar-refractivity contribution in [2.75, 3.05) is 13.6 Å². The molecular formula is C18H25NO2. The van der Waals surface area contributed by atoms with Gasteiger partial charge in [-0.05, 0) is 41.9 Å². The molecule has 2 rings (SSSR count). The molecule has 1 aliphatic carbocycles. The molecule has 0 heterocycles. The smallest absolute Gasteiger partial charge is 0.246 e. The Labute approximate surface area is 127 Å². The van der Waals surface area contributed by atoms with Gasteiger partial charge < -0.3 is 10.0 Å². The molecule has 1 aromatic carbocycles. The Balaban J connectivity index is 1.86. The first-order chi connectivity index (χ1) is 9.95. The van der Waals surface area contributed by atoms with Gasteiger partial charge in [0.1, 0.15) is 0 Å². The fourth-order valence-corrected chi connectivity index (χ4v) is 2.61. The summed E-state index contributed by atoms with van der Waals surface area (Å²) in [5.41, 5.74) is 2.35. The Kier molecular flexibility index (Phi) is 5.18. The largest absolute Gasteiger partial charge is 0.393 e. The molecule has 0 unspecified atom stereocenters. The minimum Gasteiger partial charge on any atom is -0.393 e. The van der Waals surface area contributed by atoms with E-state index in [9.17, 15) is 9.90 Å². The van der Waals surface area contributed by atoms with Crippen LogP contribution in [0.5, 0.6) is 0 Å². The molecule has 0 aromatic heterocycles. The highest BCUT2D eigenvalue weighted by Gasteiger charge is 2.28. The molecule has 0 spiro atoms.